The fourth-order valence-electron chi connectivity index (χ4n) is 1.66. The maximum absolute atomic E-state index is 6.10. The zero-order valence-electron chi connectivity index (χ0n) is 9.02. The van der Waals surface area contributed by atoms with Gasteiger partial charge in [-0.25, -0.2) is 4.98 Å². The van der Waals surface area contributed by atoms with E-state index >= 15 is 0 Å². The molecule has 0 spiro atoms. The molecular weight excluding hydrogens is 273 g/mol. The van der Waals surface area contributed by atoms with E-state index in [1.165, 1.54) is 0 Å². The molecule has 2 N–H and O–H groups in total. The molecule has 0 saturated carbocycles. The van der Waals surface area contributed by atoms with Gasteiger partial charge in [0.2, 0.25) is 5.89 Å². The van der Waals surface area contributed by atoms with Crippen LogP contribution in [0.25, 0.3) is 22.7 Å². The summed E-state index contributed by atoms with van der Waals surface area (Å²) in [6.07, 6.45) is 1.64. The smallest absolute Gasteiger partial charge is 0.232 e. The normalized spacial score (nSPS) is 11.0. The van der Waals surface area contributed by atoms with E-state index in [1.807, 2.05) is 0 Å². The van der Waals surface area contributed by atoms with Crippen LogP contribution < -0.4 is 5.73 Å². The second kappa shape index (κ2) is 4.15. The predicted molar refractivity (Wildman–Crippen MR) is 71.7 cm³/mol. The van der Waals surface area contributed by atoms with Gasteiger partial charge in [-0.1, -0.05) is 23.2 Å². The van der Waals surface area contributed by atoms with Crippen molar-refractivity contribution in [3.8, 4) is 11.5 Å². The van der Waals surface area contributed by atoms with Gasteiger partial charge in [-0.2, -0.15) is 4.98 Å². The standard InChI is InChI=1S/C12H7Cl2N3O/c13-6-3-4-7(14)10(15)9(6)12-17-11-8(18-12)2-1-5-16-11/h1-5H,15H2. The number of hydrogen-bond donors (Lipinski definition) is 1. The molecule has 18 heavy (non-hydrogen) atoms. The highest BCUT2D eigenvalue weighted by Crippen LogP contribution is 2.37. The number of oxazole rings is 1. The fraction of sp³-hybridized carbons (Fsp3) is 0. The molecular formula is C12H7Cl2N3O. The molecule has 0 aliphatic carbocycles. The number of anilines is 1. The molecule has 0 amide bonds. The number of hydrogen-bond acceptors (Lipinski definition) is 4. The minimum absolute atomic E-state index is 0.314. The molecule has 0 unspecified atom stereocenters. The summed E-state index contributed by atoms with van der Waals surface area (Å²) >= 11 is 12.1. The Labute approximate surface area is 112 Å². The number of pyridine rings is 1. The lowest BCUT2D eigenvalue weighted by molar-refractivity contribution is 0.620. The zero-order valence-corrected chi connectivity index (χ0v) is 10.5. The van der Waals surface area contributed by atoms with Gasteiger partial charge in [0.15, 0.2) is 11.2 Å². The summed E-state index contributed by atoms with van der Waals surface area (Å²) in [5.74, 6) is 0.314. The van der Waals surface area contributed by atoms with Crippen LogP contribution in [-0.2, 0) is 0 Å². The first-order valence-corrected chi connectivity index (χ1v) is 5.88. The molecule has 6 heteroatoms. The number of nitrogens with zero attached hydrogens (tertiary/aromatic N) is 2. The minimum atomic E-state index is 0.314. The van der Waals surface area contributed by atoms with Crippen molar-refractivity contribution in [2.75, 3.05) is 5.73 Å². The summed E-state index contributed by atoms with van der Waals surface area (Å²) in [6, 6.07) is 6.81. The molecule has 90 valence electrons. The average molecular weight is 280 g/mol. The molecule has 0 aliphatic rings. The van der Waals surface area contributed by atoms with E-state index in [2.05, 4.69) is 9.97 Å². The third kappa shape index (κ3) is 1.70. The van der Waals surface area contributed by atoms with Crippen LogP contribution in [0.3, 0.4) is 0 Å². The second-order valence-corrected chi connectivity index (χ2v) is 4.48. The predicted octanol–water partition coefficient (Wildman–Crippen LogP) is 3.78. The zero-order chi connectivity index (χ0) is 12.7. The van der Waals surface area contributed by atoms with Gasteiger partial charge in [-0.15, -0.1) is 0 Å². The van der Waals surface area contributed by atoms with Crippen LogP contribution in [0.2, 0.25) is 10.0 Å². The Morgan fingerprint density at radius 2 is 1.89 bits per heavy atom. The maximum atomic E-state index is 6.10. The molecule has 0 bridgehead atoms. The summed E-state index contributed by atoms with van der Waals surface area (Å²) in [6.45, 7) is 0. The SMILES string of the molecule is Nc1c(Cl)ccc(Cl)c1-c1nc2ncccc2o1. The lowest BCUT2D eigenvalue weighted by Crippen LogP contribution is -1.92. The molecule has 0 radical (unpaired) electrons. The van der Waals surface area contributed by atoms with Crippen LogP contribution in [0.15, 0.2) is 34.9 Å². The number of rotatable bonds is 1. The highest BCUT2D eigenvalue weighted by Gasteiger charge is 2.17. The monoisotopic (exact) mass is 279 g/mol. The average Bonchev–Trinajstić information content (AvgIpc) is 2.77. The number of benzene rings is 1. The van der Waals surface area contributed by atoms with Crippen molar-refractivity contribution in [1.82, 2.24) is 9.97 Å². The Morgan fingerprint density at radius 3 is 2.67 bits per heavy atom. The molecule has 3 aromatic rings. The van der Waals surface area contributed by atoms with E-state index in [0.29, 0.717) is 38.4 Å². The molecule has 2 aromatic heterocycles. The quantitative estimate of drug-likeness (QED) is 0.689. The highest BCUT2D eigenvalue weighted by molar-refractivity contribution is 6.37. The first-order valence-electron chi connectivity index (χ1n) is 5.12. The Morgan fingerprint density at radius 1 is 1.11 bits per heavy atom. The number of fused-ring (bicyclic) bond motifs is 1. The van der Waals surface area contributed by atoms with E-state index in [4.69, 9.17) is 33.4 Å². The molecule has 1 aromatic carbocycles. The molecule has 3 rings (SSSR count). The van der Waals surface area contributed by atoms with Crippen molar-refractivity contribution >= 4 is 40.1 Å². The highest BCUT2D eigenvalue weighted by atomic mass is 35.5. The minimum Gasteiger partial charge on any atom is -0.434 e. The van der Waals surface area contributed by atoms with Crippen molar-refractivity contribution in [1.29, 1.82) is 0 Å². The van der Waals surface area contributed by atoms with Crippen LogP contribution in [0.1, 0.15) is 0 Å². The van der Waals surface area contributed by atoms with Crippen molar-refractivity contribution in [3.63, 3.8) is 0 Å². The van der Waals surface area contributed by atoms with Crippen LogP contribution in [0.5, 0.6) is 0 Å². The van der Waals surface area contributed by atoms with Gasteiger partial charge in [0, 0.05) is 6.20 Å². The molecule has 0 saturated heterocycles. The molecule has 0 atom stereocenters. The van der Waals surface area contributed by atoms with E-state index in [9.17, 15) is 0 Å². The van der Waals surface area contributed by atoms with Gasteiger partial charge in [-0.05, 0) is 24.3 Å². The second-order valence-electron chi connectivity index (χ2n) is 3.66. The number of nitrogen functional groups attached to an aromatic ring is 1. The van der Waals surface area contributed by atoms with E-state index in [-0.39, 0.29) is 0 Å². The Hall–Kier alpha value is -1.78. The first-order chi connectivity index (χ1) is 8.66. The molecule has 0 aliphatic heterocycles. The number of aromatic nitrogens is 2. The van der Waals surface area contributed by atoms with E-state index < -0.39 is 0 Å². The summed E-state index contributed by atoms with van der Waals surface area (Å²) in [4.78, 5) is 8.33. The number of nitrogens with two attached hydrogens (primary N) is 1. The fourth-order valence-corrected chi connectivity index (χ4v) is 2.06. The van der Waals surface area contributed by atoms with Crippen LogP contribution in [0.4, 0.5) is 5.69 Å². The van der Waals surface area contributed by atoms with Gasteiger partial charge in [0.25, 0.3) is 0 Å². The Kier molecular flexibility index (Phi) is 2.61. The van der Waals surface area contributed by atoms with E-state index in [0.717, 1.165) is 0 Å². The summed E-state index contributed by atoms with van der Waals surface area (Å²) in [7, 11) is 0. The third-order valence-electron chi connectivity index (χ3n) is 2.52. The first kappa shape index (κ1) is 11.3. The van der Waals surface area contributed by atoms with Crippen LogP contribution in [-0.4, -0.2) is 9.97 Å². The van der Waals surface area contributed by atoms with Crippen molar-refractivity contribution < 1.29 is 4.42 Å². The van der Waals surface area contributed by atoms with Gasteiger partial charge < -0.3 is 10.2 Å². The molecule has 0 fully saturated rings. The largest absolute Gasteiger partial charge is 0.434 e. The number of halogens is 2. The van der Waals surface area contributed by atoms with Crippen LogP contribution >= 0.6 is 23.2 Å². The maximum Gasteiger partial charge on any atom is 0.232 e. The third-order valence-corrected chi connectivity index (χ3v) is 3.16. The Balaban J connectivity index is 2.29. The van der Waals surface area contributed by atoms with Gasteiger partial charge in [0.1, 0.15) is 0 Å². The Bertz CT molecular complexity index is 706. The van der Waals surface area contributed by atoms with Crippen molar-refractivity contribution in [2.45, 2.75) is 0 Å². The van der Waals surface area contributed by atoms with Gasteiger partial charge in [-0.3, -0.25) is 0 Å². The summed E-state index contributed by atoms with van der Waals surface area (Å²) in [5.41, 5.74) is 7.81. The lowest BCUT2D eigenvalue weighted by atomic mass is 10.2. The topological polar surface area (TPSA) is 64.9 Å². The van der Waals surface area contributed by atoms with Crippen LogP contribution in [0, 0.1) is 0 Å². The lowest BCUT2D eigenvalue weighted by Gasteiger charge is -2.05. The van der Waals surface area contributed by atoms with Gasteiger partial charge in [0.05, 0.1) is 21.3 Å². The summed E-state index contributed by atoms with van der Waals surface area (Å²) in [5, 5.41) is 0.841. The molecule has 4 nitrogen and oxygen atoms in total. The van der Waals surface area contributed by atoms with Crippen molar-refractivity contribution in [3.05, 3.63) is 40.5 Å². The van der Waals surface area contributed by atoms with Crippen molar-refractivity contribution in [2.24, 2.45) is 0 Å². The van der Waals surface area contributed by atoms with Gasteiger partial charge >= 0.3 is 0 Å². The van der Waals surface area contributed by atoms with E-state index in [1.54, 1.807) is 30.5 Å². The molecule has 2 heterocycles. The summed E-state index contributed by atoms with van der Waals surface area (Å²) < 4.78 is 5.57.